The molecule has 5 nitrogen and oxygen atoms in total. The molecule has 0 spiro atoms. The lowest BCUT2D eigenvalue weighted by molar-refractivity contribution is -0.131. The van der Waals surface area contributed by atoms with Gasteiger partial charge in [0.1, 0.15) is 11.5 Å². The van der Waals surface area contributed by atoms with Crippen molar-refractivity contribution in [2.75, 3.05) is 13.1 Å². The van der Waals surface area contributed by atoms with Crippen molar-refractivity contribution in [3.8, 4) is 0 Å². The summed E-state index contributed by atoms with van der Waals surface area (Å²) in [5, 5.41) is 0.218. The summed E-state index contributed by atoms with van der Waals surface area (Å²) in [4.78, 5) is 14.1. The van der Waals surface area contributed by atoms with E-state index in [1.165, 1.54) is 6.26 Å². The van der Waals surface area contributed by atoms with Crippen molar-refractivity contribution in [3.05, 3.63) is 59.0 Å². The molecule has 1 aromatic heterocycles. The van der Waals surface area contributed by atoms with Crippen LogP contribution in [0.25, 0.3) is 0 Å². The standard InChI is InChI=1S/C18H20ClNO4S/c19-15-5-3-14(4-6-15)12-18(21)20-9-7-17(8-10-20)25(22,23)13-16-2-1-11-24-16/h1-6,11,17H,7-10,12-13H2. The molecule has 1 amide bonds. The van der Waals surface area contributed by atoms with Crippen LogP contribution in [0.5, 0.6) is 0 Å². The van der Waals surface area contributed by atoms with Gasteiger partial charge in [-0.1, -0.05) is 23.7 Å². The normalized spacial score (nSPS) is 16.1. The SMILES string of the molecule is O=C(Cc1ccc(Cl)cc1)N1CCC(S(=O)(=O)Cc2ccco2)CC1. The number of amides is 1. The molecular formula is C18H20ClNO4S. The minimum absolute atomic E-state index is 0.0178. The molecule has 0 N–H and O–H groups in total. The fraction of sp³-hybridized carbons (Fsp3) is 0.389. The quantitative estimate of drug-likeness (QED) is 0.798. The Morgan fingerprint density at radius 3 is 2.44 bits per heavy atom. The number of carbonyl (C=O) groups is 1. The molecule has 1 saturated heterocycles. The largest absolute Gasteiger partial charge is 0.468 e. The predicted molar refractivity (Wildman–Crippen MR) is 96.1 cm³/mol. The van der Waals surface area contributed by atoms with Gasteiger partial charge in [-0.2, -0.15) is 0 Å². The van der Waals surface area contributed by atoms with Gasteiger partial charge in [-0.05, 0) is 42.7 Å². The molecule has 25 heavy (non-hydrogen) atoms. The van der Waals surface area contributed by atoms with E-state index in [-0.39, 0.29) is 11.7 Å². The first-order chi connectivity index (χ1) is 11.9. The summed E-state index contributed by atoms with van der Waals surface area (Å²) >= 11 is 5.85. The summed E-state index contributed by atoms with van der Waals surface area (Å²) in [6.45, 7) is 0.933. The lowest BCUT2D eigenvalue weighted by Gasteiger charge is -2.31. The second-order valence-electron chi connectivity index (χ2n) is 6.27. The van der Waals surface area contributed by atoms with Gasteiger partial charge in [0.2, 0.25) is 5.91 Å². The van der Waals surface area contributed by atoms with Gasteiger partial charge in [0.25, 0.3) is 0 Å². The maximum absolute atomic E-state index is 12.5. The molecule has 0 unspecified atom stereocenters. The van der Waals surface area contributed by atoms with Crippen LogP contribution in [0.1, 0.15) is 24.2 Å². The average molecular weight is 382 g/mol. The third-order valence-electron chi connectivity index (χ3n) is 4.49. The van der Waals surface area contributed by atoms with E-state index in [1.54, 1.807) is 29.2 Å². The van der Waals surface area contributed by atoms with Gasteiger partial charge in [-0.25, -0.2) is 8.42 Å². The number of piperidine rings is 1. The summed E-state index contributed by atoms with van der Waals surface area (Å²) in [6, 6.07) is 10.5. The van der Waals surface area contributed by atoms with Crippen LogP contribution in [0, 0.1) is 0 Å². The third-order valence-corrected chi connectivity index (χ3v) is 6.92. The van der Waals surface area contributed by atoms with E-state index in [9.17, 15) is 13.2 Å². The van der Waals surface area contributed by atoms with Gasteiger partial charge >= 0.3 is 0 Å². The molecule has 2 heterocycles. The van der Waals surface area contributed by atoms with Gasteiger partial charge in [0, 0.05) is 18.1 Å². The number of hydrogen-bond donors (Lipinski definition) is 0. The van der Waals surface area contributed by atoms with Crippen LogP contribution >= 0.6 is 11.6 Å². The molecule has 3 rings (SSSR count). The molecule has 0 atom stereocenters. The van der Waals surface area contributed by atoms with E-state index in [0.717, 1.165) is 5.56 Å². The molecule has 1 aromatic carbocycles. The van der Waals surface area contributed by atoms with Crippen LogP contribution in [0.15, 0.2) is 47.1 Å². The fourth-order valence-electron chi connectivity index (χ4n) is 3.06. The van der Waals surface area contributed by atoms with Crippen LogP contribution in [0.4, 0.5) is 0 Å². The predicted octanol–water partition coefficient (Wildman–Crippen LogP) is 3.08. The number of sulfone groups is 1. The Labute approximate surface area is 152 Å². The monoisotopic (exact) mass is 381 g/mol. The highest BCUT2D eigenvalue weighted by atomic mass is 35.5. The van der Waals surface area contributed by atoms with Crippen LogP contribution < -0.4 is 0 Å². The summed E-state index contributed by atoms with van der Waals surface area (Å²) in [5.41, 5.74) is 0.905. The Balaban J connectivity index is 1.54. The van der Waals surface area contributed by atoms with Crippen molar-refractivity contribution >= 4 is 27.3 Å². The van der Waals surface area contributed by atoms with Gasteiger partial charge in [-0.3, -0.25) is 4.79 Å². The summed E-state index contributed by atoms with van der Waals surface area (Å²) < 4.78 is 30.1. The van der Waals surface area contributed by atoms with Crippen molar-refractivity contribution in [2.24, 2.45) is 0 Å². The van der Waals surface area contributed by atoms with Crippen LogP contribution in [0.2, 0.25) is 5.02 Å². The number of benzene rings is 1. The highest BCUT2D eigenvalue weighted by Crippen LogP contribution is 2.22. The van der Waals surface area contributed by atoms with E-state index in [2.05, 4.69) is 0 Å². The first-order valence-corrected chi connectivity index (χ1v) is 10.3. The molecular weight excluding hydrogens is 362 g/mol. The first-order valence-electron chi connectivity index (χ1n) is 8.20. The van der Waals surface area contributed by atoms with Gasteiger partial charge in [0.05, 0.1) is 17.9 Å². The van der Waals surface area contributed by atoms with Crippen LogP contribution in [-0.2, 0) is 26.8 Å². The maximum atomic E-state index is 12.5. The van der Waals surface area contributed by atoms with Crippen LogP contribution in [-0.4, -0.2) is 37.6 Å². The zero-order valence-electron chi connectivity index (χ0n) is 13.7. The first kappa shape index (κ1) is 18.0. The summed E-state index contributed by atoms with van der Waals surface area (Å²) in [7, 11) is -3.27. The number of halogens is 1. The van der Waals surface area contributed by atoms with E-state index in [0.29, 0.717) is 43.1 Å². The van der Waals surface area contributed by atoms with E-state index in [1.807, 2.05) is 12.1 Å². The molecule has 7 heteroatoms. The van der Waals surface area contributed by atoms with E-state index in [4.69, 9.17) is 16.0 Å². The zero-order valence-corrected chi connectivity index (χ0v) is 15.3. The molecule has 0 saturated carbocycles. The van der Waals surface area contributed by atoms with E-state index < -0.39 is 15.1 Å². The topological polar surface area (TPSA) is 67.6 Å². The molecule has 0 bridgehead atoms. The van der Waals surface area contributed by atoms with Crippen molar-refractivity contribution < 1.29 is 17.6 Å². The summed E-state index contributed by atoms with van der Waals surface area (Å²) in [5.74, 6) is 0.397. The van der Waals surface area contributed by atoms with Crippen molar-refractivity contribution in [1.82, 2.24) is 4.90 Å². The zero-order chi connectivity index (χ0) is 17.9. The lowest BCUT2D eigenvalue weighted by atomic mass is 10.1. The number of hydrogen-bond acceptors (Lipinski definition) is 4. The summed E-state index contributed by atoms with van der Waals surface area (Å²) in [6.07, 6.45) is 2.72. The van der Waals surface area contributed by atoms with Gasteiger partial charge < -0.3 is 9.32 Å². The average Bonchev–Trinajstić information content (AvgIpc) is 3.09. The van der Waals surface area contributed by atoms with Crippen molar-refractivity contribution in [1.29, 1.82) is 0 Å². The lowest BCUT2D eigenvalue weighted by Crippen LogP contribution is -2.43. The molecule has 1 fully saturated rings. The highest BCUT2D eigenvalue weighted by Gasteiger charge is 2.32. The Hall–Kier alpha value is -1.79. The minimum Gasteiger partial charge on any atom is -0.468 e. The molecule has 1 aliphatic heterocycles. The third kappa shape index (κ3) is 4.64. The number of likely N-dealkylation sites (tertiary alicyclic amines) is 1. The van der Waals surface area contributed by atoms with Gasteiger partial charge in [-0.15, -0.1) is 0 Å². The maximum Gasteiger partial charge on any atom is 0.226 e. The second-order valence-corrected chi connectivity index (χ2v) is 8.99. The Bertz CT molecular complexity index is 807. The Kier molecular flexibility index (Phi) is 5.49. The minimum atomic E-state index is -3.27. The Morgan fingerprint density at radius 1 is 1.16 bits per heavy atom. The van der Waals surface area contributed by atoms with Crippen LogP contribution in [0.3, 0.4) is 0 Å². The van der Waals surface area contributed by atoms with Gasteiger partial charge in [0.15, 0.2) is 9.84 Å². The number of furan rings is 1. The number of carbonyl (C=O) groups excluding carboxylic acids is 1. The molecule has 0 aliphatic carbocycles. The smallest absolute Gasteiger partial charge is 0.226 e. The highest BCUT2D eigenvalue weighted by molar-refractivity contribution is 7.91. The van der Waals surface area contributed by atoms with Crippen molar-refractivity contribution in [2.45, 2.75) is 30.3 Å². The molecule has 0 radical (unpaired) electrons. The molecule has 134 valence electrons. The number of nitrogens with zero attached hydrogens (tertiary/aromatic N) is 1. The Morgan fingerprint density at radius 2 is 1.84 bits per heavy atom. The molecule has 2 aromatic rings. The second kappa shape index (κ2) is 7.62. The number of rotatable bonds is 5. The molecule has 1 aliphatic rings. The van der Waals surface area contributed by atoms with Crippen molar-refractivity contribution in [3.63, 3.8) is 0 Å². The fourth-order valence-corrected chi connectivity index (χ4v) is 4.92. The van der Waals surface area contributed by atoms with E-state index >= 15 is 0 Å².